The molecule has 1 N–H and O–H groups in total. The molecule has 0 radical (unpaired) electrons. The Bertz CT molecular complexity index is 538. The molecule has 2 aromatic carbocycles. The van der Waals surface area contributed by atoms with Crippen LogP contribution in [0.5, 0.6) is 0 Å². The van der Waals surface area contributed by atoms with Gasteiger partial charge in [-0.3, -0.25) is 0 Å². The van der Waals surface area contributed by atoms with E-state index in [9.17, 15) is 8.78 Å². The highest BCUT2D eigenvalue weighted by atomic mass is 79.9. The van der Waals surface area contributed by atoms with Gasteiger partial charge >= 0.3 is 0 Å². The maximum atomic E-state index is 13.4. The molecule has 0 spiro atoms. The van der Waals surface area contributed by atoms with E-state index < -0.39 is 11.6 Å². The predicted molar refractivity (Wildman–Crippen MR) is 76.1 cm³/mol. The molecular weight excluding hydrogens is 336 g/mol. The van der Waals surface area contributed by atoms with Crippen molar-refractivity contribution in [3.63, 3.8) is 0 Å². The summed E-state index contributed by atoms with van der Waals surface area (Å²) in [7, 11) is 0. The number of halogens is 4. The van der Waals surface area contributed by atoms with Crippen LogP contribution in [0.15, 0.2) is 40.9 Å². The lowest BCUT2D eigenvalue weighted by Gasteiger charge is -2.08. The van der Waals surface area contributed by atoms with E-state index in [1.807, 2.05) is 12.1 Å². The van der Waals surface area contributed by atoms with E-state index in [4.69, 9.17) is 11.6 Å². The summed E-state index contributed by atoms with van der Waals surface area (Å²) >= 11 is 9.31. The molecule has 0 saturated heterocycles. The second-order valence-corrected chi connectivity index (χ2v) is 5.37. The monoisotopic (exact) mass is 345 g/mol. The summed E-state index contributed by atoms with van der Waals surface area (Å²) in [6.07, 6.45) is 0. The Kier molecular flexibility index (Phi) is 4.91. The lowest BCUT2D eigenvalue weighted by Crippen LogP contribution is -2.14. The van der Waals surface area contributed by atoms with E-state index in [2.05, 4.69) is 21.2 Å². The Labute approximate surface area is 123 Å². The fraction of sp³-hybridized carbons (Fsp3) is 0.143. The highest BCUT2D eigenvalue weighted by molar-refractivity contribution is 9.10. The van der Waals surface area contributed by atoms with Crippen molar-refractivity contribution in [2.75, 3.05) is 0 Å². The largest absolute Gasteiger partial charge is 0.308 e. The summed E-state index contributed by atoms with van der Waals surface area (Å²) in [5, 5.41) is 3.69. The van der Waals surface area contributed by atoms with Crippen molar-refractivity contribution >= 4 is 27.5 Å². The van der Waals surface area contributed by atoms with E-state index in [0.29, 0.717) is 17.1 Å². The average Bonchev–Trinajstić information content (AvgIpc) is 2.38. The topological polar surface area (TPSA) is 12.0 Å². The first-order valence-electron chi connectivity index (χ1n) is 5.65. The SMILES string of the molecule is Fc1ccc(F)c(CNCc2cc(Cl)ccc2Br)c1. The van der Waals surface area contributed by atoms with Gasteiger partial charge < -0.3 is 5.32 Å². The molecule has 0 aliphatic rings. The molecule has 1 nitrogen and oxygen atoms in total. The van der Waals surface area contributed by atoms with Gasteiger partial charge in [0.1, 0.15) is 11.6 Å². The number of hydrogen-bond donors (Lipinski definition) is 1. The minimum Gasteiger partial charge on any atom is -0.308 e. The minimum absolute atomic E-state index is 0.253. The Hall–Kier alpha value is -0.970. The highest BCUT2D eigenvalue weighted by Crippen LogP contribution is 2.21. The van der Waals surface area contributed by atoms with E-state index >= 15 is 0 Å². The van der Waals surface area contributed by atoms with Gasteiger partial charge in [-0.15, -0.1) is 0 Å². The molecule has 0 aliphatic heterocycles. The van der Waals surface area contributed by atoms with Gasteiger partial charge in [-0.05, 0) is 42.0 Å². The quantitative estimate of drug-likeness (QED) is 0.848. The number of rotatable bonds is 4. The Morgan fingerprint density at radius 2 is 1.74 bits per heavy atom. The van der Waals surface area contributed by atoms with Crippen molar-refractivity contribution in [2.24, 2.45) is 0 Å². The van der Waals surface area contributed by atoms with Crippen LogP contribution in [-0.2, 0) is 13.1 Å². The van der Waals surface area contributed by atoms with Gasteiger partial charge in [0.2, 0.25) is 0 Å². The molecular formula is C14H11BrClF2N. The molecule has 0 amide bonds. The zero-order chi connectivity index (χ0) is 13.8. The summed E-state index contributed by atoms with van der Waals surface area (Å²) in [5.74, 6) is -0.860. The van der Waals surface area contributed by atoms with E-state index in [1.165, 1.54) is 6.07 Å². The summed E-state index contributed by atoms with van der Waals surface area (Å²) in [6, 6.07) is 8.87. The first-order chi connectivity index (χ1) is 9.06. The van der Waals surface area contributed by atoms with Crippen LogP contribution < -0.4 is 5.32 Å². The molecule has 0 atom stereocenters. The van der Waals surface area contributed by atoms with Crippen molar-refractivity contribution in [2.45, 2.75) is 13.1 Å². The summed E-state index contributed by atoms with van der Waals surface area (Å²) in [6.45, 7) is 0.764. The van der Waals surface area contributed by atoms with E-state index in [-0.39, 0.29) is 6.54 Å². The van der Waals surface area contributed by atoms with Gasteiger partial charge in [-0.25, -0.2) is 8.78 Å². The highest BCUT2D eigenvalue weighted by Gasteiger charge is 2.05. The standard InChI is InChI=1S/C14H11BrClF2N/c15-13-3-1-11(16)5-9(13)7-19-8-10-6-12(17)2-4-14(10)18/h1-6,19H,7-8H2. The van der Waals surface area contributed by atoms with E-state index in [0.717, 1.165) is 22.2 Å². The minimum atomic E-state index is -0.442. The lowest BCUT2D eigenvalue weighted by molar-refractivity contribution is 0.568. The van der Waals surface area contributed by atoms with Crippen LogP contribution in [0.25, 0.3) is 0 Å². The number of benzene rings is 2. The number of nitrogens with one attached hydrogen (secondary N) is 1. The third-order valence-electron chi connectivity index (χ3n) is 2.65. The fourth-order valence-corrected chi connectivity index (χ4v) is 2.27. The van der Waals surface area contributed by atoms with Crippen molar-refractivity contribution in [3.8, 4) is 0 Å². The van der Waals surface area contributed by atoms with Gasteiger partial charge in [0.05, 0.1) is 0 Å². The van der Waals surface area contributed by atoms with E-state index in [1.54, 1.807) is 6.07 Å². The van der Waals surface area contributed by atoms with Crippen molar-refractivity contribution in [1.82, 2.24) is 5.32 Å². The van der Waals surface area contributed by atoms with Crippen molar-refractivity contribution in [3.05, 3.63) is 68.7 Å². The molecule has 2 rings (SSSR count). The van der Waals surface area contributed by atoms with Gasteiger partial charge in [0.15, 0.2) is 0 Å². The van der Waals surface area contributed by atoms with Crippen molar-refractivity contribution < 1.29 is 8.78 Å². The molecule has 19 heavy (non-hydrogen) atoms. The third kappa shape index (κ3) is 4.00. The van der Waals surface area contributed by atoms with Gasteiger partial charge in [0.25, 0.3) is 0 Å². The number of hydrogen-bond acceptors (Lipinski definition) is 1. The maximum Gasteiger partial charge on any atom is 0.127 e. The summed E-state index contributed by atoms with van der Waals surface area (Å²) in [4.78, 5) is 0. The zero-order valence-corrected chi connectivity index (χ0v) is 12.2. The Morgan fingerprint density at radius 3 is 2.53 bits per heavy atom. The van der Waals surface area contributed by atoms with Crippen LogP contribution in [0.4, 0.5) is 8.78 Å². The maximum absolute atomic E-state index is 13.4. The molecule has 0 heterocycles. The van der Waals surface area contributed by atoms with Crippen LogP contribution >= 0.6 is 27.5 Å². The molecule has 0 saturated carbocycles. The Balaban J connectivity index is 2.00. The van der Waals surface area contributed by atoms with Gasteiger partial charge in [0, 0.05) is 28.1 Å². The summed E-state index contributed by atoms with van der Waals surface area (Å²) < 4.78 is 27.3. The van der Waals surface area contributed by atoms with Crippen LogP contribution in [0.3, 0.4) is 0 Å². The average molecular weight is 347 g/mol. The molecule has 100 valence electrons. The summed E-state index contributed by atoms with van der Waals surface area (Å²) in [5.41, 5.74) is 1.27. The van der Waals surface area contributed by atoms with Crippen molar-refractivity contribution in [1.29, 1.82) is 0 Å². The van der Waals surface area contributed by atoms with Crippen LogP contribution in [0.1, 0.15) is 11.1 Å². The molecule has 0 aliphatic carbocycles. The molecule has 2 aromatic rings. The first-order valence-corrected chi connectivity index (χ1v) is 6.82. The van der Waals surface area contributed by atoms with Crippen LogP contribution in [0, 0.1) is 11.6 Å². The van der Waals surface area contributed by atoms with Crippen LogP contribution in [0.2, 0.25) is 5.02 Å². The Morgan fingerprint density at radius 1 is 1.00 bits per heavy atom. The second kappa shape index (κ2) is 6.46. The van der Waals surface area contributed by atoms with Crippen LogP contribution in [-0.4, -0.2) is 0 Å². The molecule has 0 unspecified atom stereocenters. The molecule has 0 aromatic heterocycles. The fourth-order valence-electron chi connectivity index (χ4n) is 1.69. The molecule has 0 bridgehead atoms. The van der Waals surface area contributed by atoms with Gasteiger partial charge in [-0.2, -0.15) is 0 Å². The normalized spacial score (nSPS) is 10.7. The van der Waals surface area contributed by atoms with Gasteiger partial charge in [-0.1, -0.05) is 27.5 Å². The molecule has 0 fully saturated rings. The third-order valence-corrected chi connectivity index (χ3v) is 3.66. The predicted octanol–water partition coefficient (Wildman–Crippen LogP) is 4.67. The smallest absolute Gasteiger partial charge is 0.127 e. The first kappa shape index (κ1) is 14.4. The zero-order valence-electron chi connectivity index (χ0n) is 9.89. The molecule has 5 heteroatoms. The lowest BCUT2D eigenvalue weighted by atomic mass is 10.2. The second-order valence-electron chi connectivity index (χ2n) is 4.08.